The molecule has 0 radical (unpaired) electrons. The maximum Gasteiger partial charge on any atom is 0.313 e. The van der Waals surface area contributed by atoms with Crippen molar-refractivity contribution in [3.63, 3.8) is 0 Å². The van der Waals surface area contributed by atoms with Crippen LogP contribution in [0.2, 0.25) is 0 Å². The molecule has 2 amide bonds. The van der Waals surface area contributed by atoms with Gasteiger partial charge in [0.25, 0.3) is 0 Å². The Morgan fingerprint density at radius 3 is 2.42 bits per heavy atom. The summed E-state index contributed by atoms with van der Waals surface area (Å²) in [5, 5.41) is 14.9. The number of nitrogens with one attached hydrogen (secondary N) is 2. The number of aliphatic hydroxyl groups is 1. The number of hydrogen-bond acceptors (Lipinski definition) is 4. The van der Waals surface area contributed by atoms with Gasteiger partial charge in [0.1, 0.15) is 5.75 Å². The number of aliphatic hydroxyl groups excluding tert-OH is 1. The molecule has 6 heteroatoms. The van der Waals surface area contributed by atoms with Crippen LogP contribution in [0.25, 0.3) is 0 Å². The third kappa shape index (κ3) is 4.82. The Balaban J connectivity index is 1.90. The molecule has 0 fully saturated rings. The third-order valence-corrected chi connectivity index (χ3v) is 3.28. The van der Waals surface area contributed by atoms with Crippen LogP contribution < -0.4 is 15.4 Å². The molecule has 2 aromatic carbocycles. The fraction of sp³-hybridized carbons (Fsp3) is 0.222. The largest absolute Gasteiger partial charge is 0.492 e. The Bertz CT molecular complexity index is 688. The first kappa shape index (κ1) is 17.5. The van der Waals surface area contributed by atoms with Crippen molar-refractivity contribution in [1.29, 1.82) is 0 Å². The van der Waals surface area contributed by atoms with Crippen LogP contribution in [0.3, 0.4) is 0 Å². The van der Waals surface area contributed by atoms with Gasteiger partial charge in [0, 0.05) is 6.54 Å². The zero-order valence-electron chi connectivity index (χ0n) is 13.4. The van der Waals surface area contributed by atoms with E-state index in [0.29, 0.717) is 23.6 Å². The lowest BCUT2D eigenvalue weighted by Gasteiger charge is -2.13. The molecule has 3 N–H and O–H groups in total. The van der Waals surface area contributed by atoms with Gasteiger partial charge >= 0.3 is 11.8 Å². The van der Waals surface area contributed by atoms with Crippen LogP contribution in [0.15, 0.2) is 54.6 Å². The summed E-state index contributed by atoms with van der Waals surface area (Å²) in [6.45, 7) is 2.22. The van der Waals surface area contributed by atoms with E-state index < -0.39 is 17.9 Å². The van der Waals surface area contributed by atoms with E-state index in [-0.39, 0.29) is 6.54 Å². The van der Waals surface area contributed by atoms with Crippen molar-refractivity contribution in [3.05, 3.63) is 60.2 Å². The molecule has 0 spiro atoms. The number of ether oxygens (including phenoxy) is 1. The molecule has 1 unspecified atom stereocenters. The molecule has 0 aliphatic rings. The van der Waals surface area contributed by atoms with Crippen molar-refractivity contribution < 1.29 is 19.4 Å². The Labute approximate surface area is 140 Å². The van der Waals surface area contributed by atoms with Gasteiger partial charge in [-0.2, -0.15) is 0 Å². The van der Waals surface area contributed by atoms with Gasteiger partial charge in [0.05, 0.1) is 18.4 Å². The number of carbonyl (C=O) groups is 2. The van der Waals surface area contributed by atoms with Crippen molar-refractivity contribution >= 4 is 17.5 Å². The average Bonchev–Trinajstić information content (AvgIpc) is 2.62. The quantitative estimate of drug-likeness (QED) is 0.707. The molecular formula is C18H20N2O4. The van der Waals surface area contributed by atoms with Gasteiger partial charge in [0.2, 0.25) is 0 Å². The molecule has 2 aromatic rings. The van der Waals surface area contributed by atoms with E-state index in [9.17, 15) is 14.7 Å². The normalized spacial score (nSPS) is 11.4. The van der Waals surface area contributed by atoms with E-state index in [1.165, 1.54) is 0 Å². The van der Waals surface area contributed by atoms with Crippen molar-refractivity contribution in [1.82, 2.24) is 5.32 Å². The third-order valence-electron chi connectivity index (χ3n) is 3.28. The Hall–Kier alpha value is -2.86. The summed E-state index contributed by atoms with van der Waals surface area (Å²) in [5.41, 5.74) is 1.09. The van der Waals surface area contributed by atoms with E-state index in [4.69, 9.17) is 4.74 Å². The molecule has 24 heavy (non-hydrogen) atoms. The molecule has 0 heterocycles. The molecule has 0 aromatic heterocycles. The zero-order chi connectivity index (χ0) is 17.4. The molecule has 2 rings (SSSR count). The van der Waals surface area contributed by atoms with Gasteiger partial charge in [-0.15, -0.1) is 0 Å². The number of rotatable bonds is 6. The van der Waals surface area contributed by atoms with Crippen LogP contribution in [0.1, 0.15) is 18.6 Å². The highest BCUT2D eigenvalue weighted by molar-refractivity contribution is 6.39. The maximum absolute atomic E-state index is 12.0. The highest BCUT2D eigenvalue weighted by Crippen LogP contribution is 2.23. The summed E-state index contributed by atoms with van der Waals surface area (Å²) in [4.78, 5) is 23.8. The fourth-order valence-corrected chi connectivity index (χ4v) is 2.09. The predicted molar refractivity (Wildman–Crippen MR) is 90.7 cm³/mol. The summed E-state index contributed by atoms with van der Waals surface area (Å²) < 4.78 is 5.39. The number of amides is 2. The second-order valence-corrected chi connectivity index (χ2v) is 5.02. The molecule has 126 valence electrons. The number of anilines is 1. The van der Waals surface area contributed by atoms with E-state index in [1.807, 2.05) is 13.0 Å². The lowest BCUT2D eigenvalue weighted by Crippen LogP contribution is -2.37. The van der Waals surface area contributed by atoms with Crippen molar-refractivity contribution in [2.45, 2.75) is 13.0 Å². The second-order valence-electron chi connectivity index (χ2n) is 5.02. The number of carbonyl (C=O) groups excluding carboxylic acids is 2. The summed E-state index contributed by atoms with van der Waals surface area (Å²) in [6.07, 6.45) is -0.876. The molecule has 1 atom stereocenters. The SMILES string of the molecule is CCOc1ccccc1NC(=O)C(=O)NCC(O)c1ccccc1. The predicted octanol–water partition coefficient (Wildman–Crippen LogP) is 1.87. The van der Waals surface area contributed by atoms with Crippen molar-refractivity contribution in [2.24, 2.45) is 0 Å². The van der Waals surface area contributed by atoms with E-state index >= 15 is 0 Å². The summed E-state index contributed by atoms with van der Waals surface area (Å²) in [6, 6.07) is 15.8. The smallest absolute Gasteiger partial charge is 0.313 e. The minimum Gasteiger partial charge on any atom is -0.492 e. The minimum atomic E-state index is -0.876. The number of para-hydroxylation sites is 2. The van der Waals surface area contributed by atoms with E-state index in [2.05, 4.69) is 10.6 Å². The second kappa shape index (κ2) is 8.69. The molecular weight excluding hydrogens is 308 g/mol. The lowest BCUT2D eigenvalue weighted by atomic mass is 10.1. The molecule has 0 saturated heterocycles. The van der Waals surface area contributed by atoms with Gasteiger partial charge in [-0.05, 0) is 24.6 Å². The summed E-state index contributed by atoms with van der Waals surface area (Å²) in [7, 11) is 0. The Kier molecular flexibility index (Phi) is 6.33. The summed E-state index contributed by atoms with van der Waals surface area (Å²) >= 11 is 0. The summed E-state index contributed by atoms with van der Waals surface area (Å²) in [5.74, 6) is -1.15. The first-order valence-electron chi connectivity index (χ1n) is 7.65. The zero-order valence-corrected chi connectivity index (χ0v) is 13.4. The molecule has 0 bridgehead atoms. The molecule has 0 aliphatic heterocycles. The number of hydrogen-bond donors (Lipinski definition) is 3. The minimum absolute atomic E-state index is 0.0522. The van der Waals surface area contributed by atoms with E-state index in [0.717, 1.165) is 0 Å². The van der Waals surface area contributed by atoms with Crippen LogP contribution in [0.5, 0.6) is 5.75 Å². The standard InChI is InChI=1S/C18H20N2O4/c1-2-24-16-11-7-6-10-14(16)20-18(23)17(22)19-12-15(21)13-8-4-3-5-9-13/h3-11,15,21H,2,12H2,1H3,(H,19,22)(H,20,23). The Morgan fingerprint density at radius 1 is 1.04 bits per heavy atom. The Morgan fingerprint density at radius 2 is 1.71 bits per heavy atom. The fourth-order valence-electron chi connectivity index (χ4n) is 2.09. The van der Waals surface area contributed by atoms with Crippen LogP contribution in [0, 0.1) is 0 Å². The van der Waals surface area contributed by atoms with E-state index in [1.54, 1.807) is 48.5 Å². The van der Waals surface area contributed by atoms with Crippen molar-refractivity contribution in [3.8, 4) is 5.75 Å². The van der Waals surface area contributed by atoms with Crippen LogP contribution in [-0.4, -0.2) is 30.1 Å². The molecule has 6 nitrogen and oxygen atoms in total. The first-order chi connectivity index (χ1) is 11.6. The van der Waals surface area contributed by atoms with Crippen LogP contribution >= 0.6 is 0 Å². The topological polar surface area (TPSA) is 87.7 Å². The van der Waals surface area contributed by atoms with Gasteiger partial charge in [0.15, 0.2) is 0 Å². The van der Waals surface area contributed by atoms with Crippen LogP contribution in [-0.2, 0) is 9.59 Å². The highest BCUT2D eigenvalue weighted by Gasteiger charge is 2.17. The first-order valence-corrected chi connectivity index (χ1v) is 7.65. The van der Waals surface area contributed by atoms with Gasteiger partial charge < -0.3 is 20.5 Å². The van der Waals surface area contributed by atoms with Gasteiger partial charge in [-0.3, -0.25) is 9.59 Å². The average molecular weight is 328 g/mol. The number of benzene rings is 2. The van der Waals surface area contributed by atoms with Gasteiger partial charge in [-0.25, -0.2) is 0 Å². The maximum atomic E-state index is 12.0. The highest BCUT2D eigenvalue weighted by atomic mass is 16.5. The van der Waals surface area contributed by atoms with Gasteiger partial charge in [-0.1, -0.05) is 42.5 Å². The molecule has 0 saturated carbocycles. The van der Waals surface area contributed by atoms with Crippen molar-refractivity contribution in [2.75, 3.05) is 18.5 Å². The monoisotopic (exact) mass is 328 g/mol. The molecule has 0 aliphatic carbocycles. The lowest BCUT2D eigenvalue weighted by molar-refractivity contribution is -0.136. The van der Waals surface area contributed by atoms with Crippen LogP contribution in [0.4, 0.5) is 5.69 Å².